The first-order valence-corrected chi connectivity index (χ1v) is 13.9. The van der Waals surface area contributed by atoms with Gasteiger partial charge in [-0.15, -0.1) is 0 Å². The lowest BCUT2D eigenvalue weighted by molar-refractivity contribution is -0.138. The Kier molecular flexibility index (Phi) is 11.1. The second kappa shape index (κ2) is 15.0. The van der Waals surface area contributed by atoms with Gasteiger partial charge in [-0.1, -0.05) is 0 Å². The molecule has 4 heterocycles. The van der Waals surface area contributed by atoms with Crippen molar-refractivity contribution in [1.82, 2.24) is 30.0 Å². The van der Waals surface area contributed by atoms with Crippen LogP contribution in [0.3, 0.4) is 0 Å². The Bertz CT molecular complexity index is 1690. The molecule has 0 atom stereocenters. The third kappa shape index (κ3) is 8.78. The van der Waals surface area contributed by atoms with Crippen molar-refractivity contribution in [3.8, 4) is 11.3 Å². The number of alkyl halides is 5. The number of anilines is 2. The molecule has 1 aliphatic heterocycles. The van der Waals surface area contributed by atoms with Gasteiger partial charge in [-0.05, 0) is 42.8 Å². The van der Waals surface area contributed by atoms with Crippen LogP contribution in [0.4, 0.5) is 37.8 Å². The molecule has 1 aliphatic rings. The monoisotopic (exact) mass is 640 g/mol. The van der Waals surface area contributed by atoms with Crippen molar-refractivity contribution in [2.45, 2.75) is 38.6 Å². The van der Waals surface area contributed by atoms with Gasteiger partial charge in [0, 0.05) is 44.5 Å². The molecule has 0 radical (unpaired) electrons. The molecule has 4 aromatic rings. The number of hydrogen-bond donors (Lipinski definition) is 3. The van der Waals surface area contributed by atoms with Crippen LogP contribution >= 0.6 is 0 Å². The molecule has 242 valence electrons. The number of pyridine rings is 1. The van der Waals surface area contributed by atoms with Crippen LogP contribution in [0.1, 0.15) is 24.8 Å². The maximum absolute atomic E-state index is 14.9. The van der Waals surface area contributed by atoms with Gasteiger partial charge in [0.25, 0.3) is 11.1 Å². The Hall–Kier alpha value is -4.51. The minimum absolute atomic E-state index is 0.0165. The zero-order chi connectivity index (χ0) is 32.6. The van der Waals surface area contributed by atoms with Crippen molar-refractivity contribution >= 4 is 22.3 Å². The molecule has 0 amide bonds. The van der Waals surface area contributed by atoms with Crippen LogP contribution in [-0.2, 0) is 17.5 Å². The van der Waals surface area contributed by atoms with E-state index in [0.29, 0.717) is 36.9 Å². The van der Waals surface area contributed by atoms with Crippen LogP contribution in [0.2, 0.25) is 0 Å². The number of H-pyrrole nitrogens is 1. The van der Waals surface area contributed by atoms with Crippen molar-refractivity contribution in [2.24, 2.45) is 0 Å². The van der Waals surface area contributed by atoms with Gasteiger partial charge in [0.05, 0.1) is 42.0 Å². The molecule has 45 heavy (non-hydrogen) atoms. The van der Waals surface area contributed by atoms with E-state index in [0.717, 1.165) is 38.2 Å². The normalized spacial score (nSPS) is 13.6. The number of nitrogens with two attached hydrogens (primary N) is 1. The molecule has 17 heteroatoms. The highest BCUT2D eigenvalue weighted by Crippen LogP contribution is 2.29. The van der Waals surface area contributed by atoms with Gasteiger partial charge in [-0.25, -0.2) is 14.5 Å². The number of aromatic amines is 1. The number of halogens is 6. The number of rotatable bonds is 9. The number of nitrogens with zero attached hydrogens (tertiary/aromatic N) is 5. The molecule has 3 aromatic heterocycles. The number of nitrogens with one attached hydrogen (secondary N) is 2. The number of ether oxygens (including phenoxy) is 1. The van der Waals surface area contributed by atoms with Crippen LogP contribution in [0.15, 0.2) is 52.6 Å². The summed E-state index contributed by atoms with van der Waals surface area (Å²) in [5.41, 5.74) is 1.90. The maximum atomic E-state index is 14.9. The molecule has 11 nitrogen and oxygen atoms in total. The minimum atomic E-state index is -4.74. The average Bonchev–Trinajstić information content (AvgIpc) is 3.00. The van der Waals surface area contributed by atoms with Gasteiger partial charge in [0.2, 0.25) is 0 Å². The van der Waals surface area contributed by atoms with Crippen molar-refractivity contribution < 1.29 is 31.1 Å². The lowest BCUT2D eigenvalue weighted by Crippen LogP contribution is -2.43. The van der Waals surface area contributed by atoms with Crippen LogP contribution < -0.4 is 27.1 Å². The number of nitrogen functional groups attached to an aromatic ring is 1. The third-order valence-electron chi connectivity index (χ3n) is 6.88. The number of benzene rings is 1. The summed E-state index contributed by atoms with van der Waals surface area (Å²) in [6.45, 7) is 1.09. The van der Waals surface area contributed by atoms with E-state index in [2.05, 4.69) is 30.0 Å². The molecule has 1 aromatic carbocycles. The maximum Gasteiger partial charge on any atom is 0.423 e. The van der Waals surface area contributed by atoms with Crippen molar-refractivity contribution in [3.63, 3.8) is 0 Å². The molecule has 0 unspecified atom stereocenters. The van der Waals surface area contributed by atoms with E-state index in [4.69, 9.17) is 5.73 Å². The van der Waals surface area contributed by atoms with Gasteiger partial charge >= 0.3 is 12.8 Å². The molecule has 0 aliphatic carbocycles. The second-order valence-electron chi connectivity index (χ2n) is 9.95. The van der Waals surface area contributed by atoms with Crippen molar-refractivity contribution in [1.29, 1.82) is 0 Å². The summed E-state index contributed by atoms with van der Waals surface area (Å²) < 4.78 is 80.5. The lowest BCUT2D eigenvalue weighted by Gasteiger charge is -2.28. The van der Waals surface area contributed by atoms with E-state index in [9.17, 15) is 35.9 Å². The molecule has 1 fully saturated rings. The Morgan fingerprint density at radius 3 is 2.40 bits per heavy atom. The van der Waals surface area contributed by atoms with E-state index >= 15 is 0 Å². The highest BCUT2D eigenvalue weighted by Gasteiger charge is 2.36. The summed E-state index contributed by atoms with van der Waals surface area (Å²) in [6.07, 6.45) is 2.64. The van der Waals surface area contributed by atoms with Gasteiger partial charge in [0.1, 0.15) is 17.2 Å². The van der Waals surface area contributed by atoms with Crippen molar-refractivity contribution in [2.75, 3.05) is 43.4 Å². The smallest absolute Gasteiger partial charge is 0.397 e. The fraction of sp³-hybridized carbons (Fsp3) is 0.393. The quantitative estimate of drug-likeness (QED) is 0.184. The summed E-state index contributed by atoms with van der Waals surface area (Å²) in [5, 5.41) is 8.92. The Morgan fingerprint density at radius 1 is 1.02 bits per heavy atom. The third-order valence-corrected chi connectivity index (χ3v) is 6.88. The van der Waals surface area contributed by atoms with E-state index < -0.39 is 35.4 Å². The van der Waals surface area contributed by atoms with E-state index in [1.165, 1.54) is 10.6 Å². The summed E-state index contributed by atoms with van der Waals surface area (Å²) in [5.74, 6) is 0.218. The van der Waals surface area contributed by atoms with Crippen molar-refractivity contribution in [3.05, 3.63) is 75.1 Å². The highest BCUT2D eigenvalue weighted by atomic mass is 19.4. The van der Waals surface area contributed by atoms with E-state index in [1.807, 2.05) is 0 Å². The number of hydrogen-bond acceptors (Lipinski definition) is 9. The summed E-state index contributed by atoms with van der Waals surface area (Å²) in [7, 11) is 0. The van der Waals surface area contributed by atoms with E-state index in [1.54, 1.807) is 35.8 Å². The Labute approximate surface area is 252 Å². The number of aromatic nitrogens is 5. The number of aryl methyl sites for hydroxylation is 1. The van der Waals surface area contributed by atoms with Crippen LogP contribution in [0.25, 0.3) is 22.0 Å². The standard InChI is InChI=1S/C23H26F3N5O2.C5H4F3N3O/c24-19-13-17-16(4-8-31(22(17)32)7-2-1-3-11-33-23(25)26)12-18(19)20-14-29-21(15-28-20)30-9-5-27-6-10-30;6-5(7,8)3-2(9)1-10-11-4(3)12/h4,8,12-15,23,27H,1-3,5-7,9-11H2;1H,(H3,9,11,12). The Balaban J connectivity index is 0.000000323. The fourth-order valence-corrected chi connectivity index (χ4v) is 4.63. The molecular weight excluding hydrogens is 610 g/mol. The number of fused-ring (bicyclic) bond motifs is 1. The summed E-state index contributed by atoms with van der Waals surface area (Å²) in [4.78, 5) is 34.3. The van der Waals surface area contributed by atoms with Crippen LogP contribution in [0.5, 0.6) is 0 Å². The minimum Gasteiger partial charge on any atom is -0.397 e. The number of piperazine rings is 1. The predicted octanol–water partition coefficient (Wildman–Crippen LogP) is 3.79. The summed E-state index contributed by atoms with van der Waals surface area (Å²) in [6, 6.07) is 4.63. The molecule has 1 saturated heterocycles. The van der Waals surface area contributed by atoms with E-state index in [-0.39, 0.29) is 23.1 Å². The summed E-state index contributed by atoms with van der Waals surface area (Å²) >= 11 is 0. The fourth-order valence-electron chi connectivity index (χ4n) is 4.63. The van der Waals surface area contributed by atoms with Gasteiger partial charge in [-0.3, -0.25) is 14.6 Å². The first-order valence-electron chi connectivity index (χ1n) is 13.9. The molecular formula is C28H30F6N8O3. The Morgan fingerprint density at radius 2 is 1.78 bits per heavy atom. The lowest BCUT2D eigenvalue weighted by atomic mass is 10.1. The first kappa shape index (κ1) is 33.4. The zero-order valence-corrected chi connectivity index (χ0v) is 23.8. The SMILES string of the molecule is Nc1cn[nH]c(=O)c1C(F)(F)F.O=c1c2cc(F)c(-c3cnc(N4CCNCC4)cn3)cc2ccn1CCCCCOC(F)F. The topological polar surface area (TPSA) is 144 Å². The highest BCUT2D eigenvalue weighted by molar-refractivity contribution is 5.86. The van der Waals surface area contributed by atoms with Crippen LogP contribution in [-0.4, -0.2) is 64.1 Å². The average molecular weight is 641 g/mol. The second-order valence-corrected chi connectivity index (χ2v) is 9.95. The zero-order valence-electron chi connectivity index (χ0n) is 23.8. The van der Waals surface area contributed by atoms with Gasteiger partial charge in [0.15, 0.2) is 0 Å². The molecule has 0 spiro atoms. The number of unbranched alkanes of at least 4 members (excludes halogenated alkanes) is 2. The molecule has 0 saturated carbocycles. The molecule has 5 rings (SSSR count). The van der Waals surface area contributed by atoms with Crippen LogP contribution in [0, 0.1) is 5.82 Å². The molecule has 4 N–H and O–H groups in total. The largest absolute Gasteiger partial charge is 0.423 e. The first-order chi connectivity index (χ1) is 21.5. The van der Waals surface area contributed by atoms with Gasteiger partial charge < -0.3 is 25.3 Å². The van der Waals surface area contributed by atoms with Gasteiger partial charge in [-0.2, -0.15) is 27.1 Å². The molecule has 0 bridgehead atoms. The predicted molar refractivity (Wildman–Crippen MR) is 154 cm³/mol.